The number of hydrogen-bond donors (Lipinski definition) is 3. The number of halogens is 2. The Morgan fingerprint density at radius 2 is 2.18 bits per heavy atom. The van der Waals surface area contributed by atoms with Gasteiger partial charge in [-0.25, -0.2) is 18.7 Å². The molecule has 0 amide bonds. The molecule has 0 aliphatic carbocycles. The number of nitriles is 1. The van der Waals surface area contributed by atoms with Crippen molar-refractivity contribution in [1.29, 1.82) is 5.26 Å². The van der Waals surface area contributed by atoms with E-state index in [1.54, 1.807) is 18.3 Å². The van der Waals surface area contributed by atoms with Gasteiger partial charge in [0.25, 0.3) is 12.3 Å². The van der Waals surface area contributed by atoms with Crippen molar-refractivity contribution in [2.75, 3.05) is 23.8 Å². The Balaban J connectivity index is 1.69. The molecule has 1 aliphatic heterocycles. The summed E-state index contributed by atoms with van der Waals surface area (Å²) in [6.45, 7) is 5.43. The Hall–Kier alpha value is -3.78. The van der Waals surface area contributed by atoms with Gasteiger partial charge in [0.1, 0.15) is 18.3 Å². The quantitative estimate of drug-likeness (QED) is 0.457. The van der Waals surface area contributed by atoms with E-state index in [0.717, 1.165) is 15.9 Å². The summed E-state index contributed by atoms with van der Waals surface area (Å²) < 4.78 is 32.4. The van der Waals surface area contributed by atoms with Gasteiger partial charge >= 0.3 is 0 Å². The molecule has 1 aromatic carbocycles. The standard InChI is InChI=1S/C23H25F2N7O2/c1-13(2)34-21-18(9-32(31-21)10-19(24)25)30-22-27-5-4-17(29-22)14-6-15(8-26)20-16(7-14)23(3,12-33)11-28-20/h4-7,9,13,19,28,33H,10-12H2,1-3H3,(H,27,29,30)/t23-/m1/s1. The van der Waals surface area contributed by atoms with Crippen LogP contribution in [-0.4, -0.2) is 50.5 Å². The monoisotopic (exact) mass is 469 g/mol. The van der Waals surface area contributed by atoms with E-state index in [1.165, 1.54) is 6.20 Å². The van der Waals surface area contributed by atoms with Crippen molar-refractivity contribution in [2.45, 2.75) is 45.3 Å². The van der Waals surface area contributed by atoms with Gasteiger partial charge in [-0.15, -0.1) is 5.10 Å². The Labute approximate surface area is 195 Å². The number of fused-ring (bicyclic) bond motifs is 1. The molecule has 0 fully saturated rings. The first-order valence-electron chi connectivity index (χ1n) is 10.8. The van der Waals surface area contributed by atoms with Crippen molar-refractivity contribution in [1.82, 2.24) is 19.7 Å². The molecule has 2 aromatic heterocycles. The molecular formula is C23H25F2N7O2. The largest absolute Gasteiger partial charge is 0.472 e. The fraction of sp³-hybridized carbons (Fsp3) is 0.391. The number of anilines is 3. The lowest BCUT2D eigenvalue weighted by molar-refractivity contribution is 0.120. The Kier molecular flexibility index (Phi) is 6.34. The van der Waals surface area contributed by atoms with E-state index in [2.05, 4.69) is 31.8 Å². The molecule has 0 unspecified atom stereocenters. The van der Waals surface area contributed by atoms with Gasteiger partial charge in [-0.3, -0.25) is 4.68 Å². The third-order valence-electron chi connectivity index (χ3n) is 5.51. The van der Waals surface area contributed by atoms with Crippen LogP contribution in [0.3, 0.4) is 0 Å². The molecule has 0 saturated heterocycles. The Morgan fingerprint density at radius 3 is 2.85 bits per heavy atom. The maximum absolute atomic E-state index is 12.8. The van der Waals surface area contributed by atoms with Crippen LogP contribution in [0.2, 0.25) is 0 Å². The zero-order chi connectivity index (χ0) is 24.5. The molecule has 34 heavy (non-hydrogen) atoms. The van der Waals surface area contributed by atoms with Crippen molar-refractivity contribution in [3.63, 3.8) is 0 Å². The Morgan fingerprint density at radius 1 is 1.38 bits per heavy atom. The summed E-state index contributed by atoms with van der Waals surface area (Å²) in [5.41, 5.74) is 3.10. The van der Waals surface area contributed by atoms with Crippen LogP contribution in [0.5, 0.6) is 5.88 Å². The molecule has 4 rings (SSSR count). The van der Waals surface area contributed by atoms with Crippen LogP contribution < -0.4 is 15.4 Å². The van der Waals surface area contributed by atoms with E-state index in [4.69, 9.17) is 4.74 Å². The summed E-state index contributed by atoms with van der Waals surface area (Å²) in [5, 5.41) is 29.9. The summed E-state index contributed by atoms with van der Waals surface area (Å²) in [5.74, 6) is 0.378. The van der Waals surface area contributed by atoms with Gasteiger partial charge in [0.15, 0.2) is 0 Å². The molecular weight excluding hydrogens is 444 g/mol. The minimum atomic E-state index is -2.56. The smallest absolute Gasteiger partial charge is 0.257 e. The molecule has 0 bridgehead atoms. The second-order valence-corrected chi connectivity index (χ2v) is 8.65. The predicted molar refractivity (Wildman–Crippen MR) is 122 cm³/mol. The van der Waals surface area contributed by atoms with E-state index < -0.39 is 18.4 Å². The van der Waals surface area contributed by atoms with Crippen LogP contribution in [-0.2, 0) is 12.0 Å². The SMILES string of the molecule is CC(C)Oc1nn(CC(F)F)cc1Nc1nccc(-c2cc(C#N)c3c(c2)[C@@](C)(CO)CN3)n1. The highest BCUT2D eigenvalue weighted by Crippen LogP contribution is 2.41. The number of hydrogen-bond acceptors (Lipinski definition) is 8. The van der Waals surface area contributed by atoms with Crippen LogP contribution in [0.4, 0.5) is 26.1 Å². The molecule has 11 heteroatoms. The fourth-order valence-corrected chi connectivity index (χ4v) is 3.80. The number of ether oxygens (including phenoxy) is 1. The number of nitrogens with zero attached hydrogens (tertiary/aromatic N) is 5. The lowest BCUT2D eigenvalue weighted by Gasteiger charge is -2.21. The van der Waals surface area contributed by atoms with Gasteiger partial charge in [0.05, 0.1) is 35.9 Å². The summed E-state index contributed by atoms with van der Waals surface area (Å²) in [6.07, 6.45) is 0.196. The summed E-state index contributed by atoms with van der Waals surface area (Å²) in [4.78, 5) is 8.78. The fourth-order valence-electron chi connectivity index (χ4n) is 3.80. The van der Waals surface area contributed by atoms with Crippen molar-refractivity contribution < 1.29 is 18.6 Å². The molecule has 178 valence electrons. The second-order valence-electron chi connectivity index (χ2n) is 8.65. The average Bonchev–Trinajstić information content (AvgIpc) is 3.33. The van der Waals surface area contributed by atoms with E-state index in [-0.39, 0.29) is 24.5 Å². The molecule has 0 radical (unpaired) electrons. The maximum Gasteiger partial charge on any atom is 0.257 e. The van der Waals surface area contributed by atoms with Crippen LogP contribution in [0.1, 0.15) is 31.9 Å². The highest BCUT2D eigenvalue weighted by atomic mass is 19.3. The number of alkyl halides is 2. The highest BCUT2D eigenvalue weighted by Gasteiger charge is 2.36. The third-order valence-corrected chi connectivity index (χ3v) is 5.51. The lowest BCUT2D eigenvalue weighted by atomic mass is 9.83. The first-order chi connectivity index (χ1) is 16.2. The topological polar surface area (TPSA) is 121 Å². The molecule has 1 atom stereocenters. The van der Waals surface area contributed by atoms with Crippen LogP contribution in [0.25, 0.3) is 11.3 Å². The van der Waals surface area contributed by atoms with Crippen molar-refractivity contribution >= 4 is 17.3 Å². The summed E-state index contributed by atoms with van der Waals surface area (Å²) >= 11 is 0. The van der Waals surface area contributed by atoms with Gasteiger partial charge in [-0.2, -0.15) is 5.26 Å². The molecule has 0 saturated carbocycles. The lowest BCUT2D eigenvalue weighted by Crippen LogP contribution is -2.28. The zero-order valence-corrected chi connectivity index (χ0v) is 19.0. The van der Waals surface area contributed by atoms with Gasteiger partial charge < -0.3 is 20.5 Å². The number of benzene rings is 1. The van der Waals surface area contributed by atoms with Crippen molar-refractivity contribution in [3.05, 3.63) is 41.7 Å². The second kappa shape index (κ2) is 9.23. The first kappa shape index (κ1) is 23.4. The molecule has 3 aromatic rings. The maximum atomic E-state index is 12.8. The number of aliphatic hydroxyl groups excluding tert-OH is 1. The number of aliphatic hydroxyl groups is 1. The van der Waals surface area contributed by atoms with E-state index >= 15 is 0 Å². The van der Waals surface area contributed by atoms with Crippen LogP contribution in [0.15, 0.2) is 30.6 Å². The number of nitrogens with one attached hydrogen (secondary N) is 2. The minimum Gasteiger partial charge on any atom is -0.472 e. The van der Waals surface area contributed by atoms with E-state index in [0.29, 0.717) is 29.1 Å². The summed E-state index contributed by atoms with van der Waals surface area (Å²) in [7, 11) is 0. The predicted octanol–water partition coefficient (Wildman–Crippen LogP) is 3.68. The molecule has 9 nitrogen and oxygen atoms in total. The van der Waals surface area contributed by atoms with E-state index in [1.807, 2.05) is 26.8 Å². The molecule has 1 aliphatic rings. The first-order valence-corrected chi connectivity index (χ1v) is 10.8. The van der Waals surface area contributed by atoms with Gasteiger partial charge in [-0.05, 0) is 37.6 Å². The molecule has 3 heterocycles. The van der Waals surface area contributed by atoms with Gasteiger partial charge in [0, 0.05) is 23.7 Å². The number of aromatic nitrogens is 4. The highest BCUT2D eigenvalue weighted by molar-refractivity contribution is 5.76. The zero-order valence-electron chi connectivity index (χ0n) is 19.0. The van der Waals surface area contributed by atoms with Gasteiger partial charge in [-0.1, -0.05) is 6.92 Å². The van der Waals surface area contributed by atoms with Crippen LogP contribution in [0, 0.1) is 11.3 Å². The van der Waals surface area contributed by atoms with Gasteiger partial charge in [0.2, 0.25) is 5.95 Å². The normalized spacial score (nSPS) is 16.9. The van der Waals surface area contributed by atoms with Crippen molar-refractivity contribution in [2.24, 2.45) is 0 Å². The number of rotatable bonds is 8. The molecule has 3 N–H and O–H groups in total. The van der Waals surface area contributed by atoms with Crippen LogP contribution >= 0.6 is 0 Å². The van der Waals surface area contributed by atoms with Crippen molar-refractivity contribution in [3.8, 4) is 23.2 Å². The molecule has 0 spiro atoms. The minimum absolute atomic E-state index is 0.0703. The average molecular weight is 469 g/mol. The Bertz CT molecular complexity index is 1240. The summed E-state index contributed by atoms with van der Waals surface area (Å²) in [6, 6.07) is 7.55. The third kappa shape index (κ3) is 4.63. The van der Waals surface area contributed by atoms with E-state index in [9.17, 15) is 19.1 Å².